The van der Waals surface area contributed by atoms with E-state index in [-0.39, 0.29) is 24.5 Å². The molecule has 4 nitrogen and oxygen atoms in total. The van der Waals surface area contributed by atoms with Crippen LogP contribution in [0.3, 0.4) is 0 Å². The van der Waals surface area contributed by atoms with E-state index in [0.29, 0.717) is 23.6 Å². The highest BCUT2D eigenvalue weighted by molar-refractivity contribution is 6.00. The Labute approximate surface area is 140 Å². The first-order chi connectivity index (χ1) is 11.5. The first-order valence-electron chi connectivity index (χ1n) is 7.81. The molecule has 0 spiro atoms. The second-order valence-electron chi connectivity index (χ2n) is 5.39. The molecule has 1 amide bonds. The van der Waals surface area contributed by atoms with Crippen molar-refractivity contribution in [2.75, 3.05) is 11.9 Å². The van der Waals surface area contributed by atoms with E-state index in [2.05, 4.69) is 5.32 Å². The van der Waals surface area contributed by atoms with E-state index in [1.54, 1.807) is 37.3 Å². The van der Waals surface area contributed by atoms with Gasteiger partial charge in [0.1, 0.15) is 11.6 Å². The Balaban J connectivity index is 1.88. The molecule has 0 aliphatic heterocycles. The van der Waals surface area contributed by atoms with Gasteiger partial charge >= 0.3 is 0 Å². The number of carbonyl (C=O) groups is 2. The highest BCUT2D eigenvalue weighted by atomic mass is 19.1. The number of carbonyl (C=O) groups excluding carboxylic acids is 2. The minimum atomic E-state index is -0.415. The third-order valence-electron chi connectivity index (χ3n) is 3.54. The van der Waals surface area contributed by atoms with Crippen LogP contribution >= 0.6 is 0 Å². The van der Waals surface area contributed by atoms with Crippen LogP contribution in [-0.4, -0.2) is 18.3 Å². The third kappa shape index (κ3) is 4.91. The standard InChI is InChI=1S/C19H20FNO3/c1-3-24-16-8-5-14(6-9-16)18(22)10-11-19(23)21-17-12-15(20)7-4-13(17)2/h4-9,12H,3,10-11H2,1-2H3,(H,21,23). The van der Waals surface area contributed by atoms with Gasteiger partial charge in [0.15, 0.2) is 5.78 Å². The lowest BCUT2D eigenvalue weighted by Crippen LogP contribution is -2.14. The Morgan fingerprint density at radius 1 is 1.08 bits per heavy atom. The second-order valence-corrected chi connectivity index (χ2v) is 5.39. The van der Waals surface area contributed by atoms with Gasteiger partial charge in [0.25, 0.3) is 0 Å². The number of aryl methyl sites for hydroxylation is 1. The summed E-state index contributed by atoms with van der Waals surface area (Å²) in [5.41, 5.74) is 1.73. The molecule has 0 aliphatic carbocycles. The van der Waals surface area contributed by atoms with Crippen molar-refractivity contribution in [2.45, 2.75) is 26.7 Å². The summed E-state index contributed by atoms with van der Waals surface area (Å²) in [7, 11) is 0. The summed E-state index contributed by atoms with van der Waals surface area (Å²) >= 11 is 0. The molecule has 0 fully saturated rings. The second kappa shape index (κ2) is 8.24. The fraction of sp³-hybridized carbons (Fsp3) is 0.263. The molecule has 24 heavy (non-hydrogen) atoms. The molecule has 0 unspecified atom stereocenters. The Bertz CT molecular complexity index is 726. The number of Topliss-reactive ketones (excluding diaryl/α,β-unsaturated/α-hetero) is 1. The highest BCUT2D eigenvalue weighted by Crippen LogP contribution is 2.17. The van der Waals surface area contributed by atoms with Crippen LogP contribution in [0.5, 0.6) is 5.75 Å². The minimum absolute atomic E-state index is 0.0436. The van der Waals surface area contributed by atoms with Gasteiger partial charge in [0.05, 0.1) is 6.61 Å². The molecule has 0 saturated carbocycles. The number of ketones is 1. The molecule has 0 heterocycles. The van der Waals surface area contributed by atoms with Crippen LogP contribution in [0.2, 0.25) is 0 Å². The zero-order valence-electron chi connectivity index (χ0n) is 13.8. The van der Waals surface area contributed by atoms with Gasteiger partial charge < -0.3 is 10.1 Å². The summed E-state index contributed by atoms with van der Waals surface area (Å²) in [4.78, 5) is 24.1. The molecule has 5 heteroatoms. The van der Waals surface area contributed by atoms with Gasteiger partial charge in [0, 0.05) is 24.1 Å². The van der Waals surface area contributed by atoms with Crippen molar-refractivity contribution in [3.05, 3.63) is 59.4 Å². The minimum Gasteiger partial charge on any atom is -0.494 e. The van der Waals surface area contributed by atoms with Gasteiger partial charge in [-0.25, -0.2) is 4.39 Å². The van der Waals surface area contributed by atoms with Crippen LogP contribution in [-0.2, 0) is 4.79 Å². The SMILES string of the molecule is CCOc1ccc(C(=O)CCC(=O)Nc2cc(F)ccc2C)cc1. The number of halogens is 1. The summed E-state index contributed by atoms with van der Waals surface area (Å²) in [5.74, 6) is -0.151. The fourth-order valence-electron chi connectivity index (χ4n) is 2.22. The largest absolute Gasteiger partial charge is 0.494 e. The average Bonchev–Trinajstić information content (AvgIpc) is 2.57. The lowest BCUT2D eigenvalue weighted by molar-refractivity contribution is -0.116. The molecule has 0 aliphatic rings. The zero-order chi connectivity index (χ0) is 17.5. The molecular weight excluding hydrogens is 309 g/mol. The monoisotopic (exact) mass is 329 g/mol. The number of rotatable bonds is 7. The Kier molecular flexibility index (Phi) is 6.07. The van der Waals surface area contributed by atoms with Crippen LogP contribution in [0.1, 0.15) is 35.7 Å². The number of hydrogen-bond acceptors (Lipinski definition) is 3. The number of hydrogen-bond donors (Lipinski definition) is 1. The topological polar surface area (TPSA) is 55.4 Å². The number of nitrogens with one attached hydrogen (secondary N) is 1. The zero-order valence-corrected chi connectivity index (χ0v) is 13.8. The van der Waals surface area contributed by atoms with E-state index in [1.165, 1.54) is 12.1 Å². The van der Waals surface area contributed by atoms with Crippen LogP contribution in [0.25, 0.3) is 0 Å². The normalized spacial score (nSPS) is 10.3. The smallest absolute Gasteiger partial charge is 0.224 e. The molecular formula is C19H20FNO3. The predicted molar refractivity (Wildman–Crippen MR) is 90.9 cm³/mol. The van der Waals surface area contributed by atoms with E-state index in [9.17, 15) is 14.0 Å². The summed E-state index contributed by atoms with van der Waals surface area (Å²) in [5, 5.41) is 2.63. The molecule has 2 rings (SSSR count). The van der Waals surface area contributed by atoms with Crippen LogP contribution < -0.4 is 10.1 Å². The van der Waals surface area contributed by atoms with Crippen molar-refractivity contribution in [3.8, 4) is 5.75 Å². The maximum absolute atomic E-state index is 13.2. The number of ether oxygens (including phenoxy) is 1. The summed E-state index contributed by atoms with van der Waals surface area (Å²) in [6.07, 6.45) is 0.135. The van der Waals surface area contributed by atoms with Crippen molar-refractivity contribution in [3.63, 3.8) is 0 Å². The fourth-order valence-corrected chi connectivity index (χ4v) is 2.22. The van der Waals surface area contributed by atoms with Gasteiger partial charge in [-0.15, -0.1) is 0 Å². The van der Waals surface area contributed by atoms with Crippen LogP contribution in [0.15, 0.2) is 42.5 Å². The quantitative estimate of drug-likeness (QED) is 0.777. The summed E-state index contributed by atoms with van der Waals surface area (Å²) in [6, 6.07) is 11.0. The van der Waals surface area contributed by atoms with Crippen molar-refractivity contribution in [2.24, 2.45) is 0 Å². The Morgan fingerprint density at radius 3 is 2.46 bits per heavy atom. The number of benzene rings is 2. The molecule has 0 saturated heterocycles. The van der Waals surface area contributed by atoms with Crippen molar-refractivity contribution in [1.82, 2.24) is 0 Å². The lowest BCUT2D eigenvalue weighted by atomic mass is 10.1. The van der Waals surface area contributed by atoms with E-state index in [4.69, 9.17) is 4.74 Å². The number of amides is 1. The average molecular weight is 329 g/mol. The molecule has 1 N–H and O–H groups in total. The van der Waals surface area contributed by atoms with Gasteiger partial charge in [0.2, 0.25) is 5.91 Å². The van der Waals surface area contributed by atoms with Crippen molar-refractivity contribution < 1.29 is 18.7 Å². The maximum atomic E-state index is 13.2. The van der Waals surface area contributed by atoms with Gasteiger partial charge in [-0.05, 0) is 55.8 Å². The first-order valence-corrected chi connectivity index (χ1v) is 7.81. The van der Waals surface area contributed by atoms with Crippen molar-refractivity contribution >= 4 is 17.4 Å². The molecule has 0 atom stereocenters. The molecule has 0 aromatic heterocycles. The first kappa shape index (κ1) is 17.7. The predicted octanol–water partition coefficient (Wildman–Crippen LogP) is 4.13. The lowest BCUT2D eigenvalue weighted by Gasteiger charge is -2.08. The van der Waals surface area contributed by atoms with Crippen LogP contribution in [0.4, 0.5) is 10.1 Å². The van der Waals surface area contributed by atoms with E-state index in [1.807, 2.05) is 6.92 Å². The van der Waals surface area contributed by atoms with E-state index < -0.39 is 5.82 Å². The molecule has 0 bridgehead atoms. The molecule has 2 aromatic rings. The van der Waals surface area contributed by atoms with Crippen LogP contribution in [0, 0.1) is 12.7 Å². The molecule has 0 radical (unpaired) electrons. The highest BCUT2D eigenvalue weighted by Gasteiger charge is 2.11. The van der Waals surface area contributed by atoms with E-state index >= 15 is 0 Å². The van der Waals surface area contributed by atoms with Crippen molar-refractivity contribution in [1.29, 1.82) is 0 Å². The molecule has 2 aromatic carbocycles. The summed E-state index contributed by atoms with van der Waals surface area (Å²) in [6.45, 7) is 4.23. The summed E-state index contributed by atoms with van der Waals surface area (Å²) < 4.78 is 18.5. The number of anilines is 1. The Hall–Kier alpha value is -2.69. The van der Waals surface area contributed by atoms with E-state index in [0.717, 1.165) is 5.56 Å². The van der Waals surface area contributed by atoms with Gasteiger partial charge in [-0.2, -0.15) is 0 Å². The van der Waals surface area contributed by atoms with Gasteiger partial charge in [-0.1, -0.05) is 6.07 Å². The maximum Gasteiger partial charge on any atom is 0.224 e. The third-order valence-corrected chi connectivity index (χ3v) is 3.54. The Morgan fingerprint density at radius 2 is 1.79 bits per heavy atom. The molecule has 126 valence electrons. The van der Waals surface area contributed by atoms with Gasteiger partial charge in [-0.3, -0.25) is 9.59 Å².